The Morgan fingerprint density at radius 3 is 2.19 bits per heavy atom. The molecule has 0 N–H and O–H groups in total. The zero-order valence-corrected chi connectivity index (χ0v) is 11.8. The quantitative estimate of drug-likeness (QED) is 0.434. The molecule has 0 aliphatic heterocycles. The zero-order valence-electron chi connectivity index (χ0n) is 11.8. The van der Waals surface area contributed by atoms with Crippen LogP contribution in [0.15, 0.2) is 0 Å². The summed E-state index contributed by atoms with van der Waals surface area (Å²) < 4.78 is 0. The van der Waals surface area contributed by atoms with Crippen LogP contribution in [0.25, 0.3) is 0 Å². The Morgan fingerprint density at radius 1 is 1.00 bits per heavy atom. The molecule has 16 heavy (non-hydrogen) atoms. The van der Waals surface area contributed by atoms with E-state index >= 15 is 0 Å². The van der Waals surface area contributed by atoms with Crippen LogP contribution in [0.3, 0.4) is 0 Å². The van der Waals surface area contributed by atoms with Gasteiger partial charge < -0.3 is 0 Å². The number of hydrogen-bond acceptors (Lipinski definition) is 0. The molecule has 0 nitrogen and oxygen atoms in total. The first-order valence-electron chi connectivity index (χ1n) is 7.72. The maximum atomic E-state index is 2.45. The van der Waals surface area contributed by atoms with Crippen molar-refractivity contribution in [2.45, 2.75) is 85.0 Å². The minimum absolute atomic E-state index is 0.979. The molecule has 1 aliphatic carbocycles. The Bertz CT molecular complexity index is 155. The molecule has 0 bridgehead atoms. The zero-order chi connectivity index (χ0) is 11.8. The second kappa shape index (κ2) is 8.14. The van der Waals surface area contributed by atoms with Gasteiger partial charge in [0, 0.05) is 0 Å². The van der Waals surface area contributed by atoms with Crippen molar-refractivity contribution in [3.63, 3.8) is 0 Å². The lowest BCUT2D eigenvalue weighted by molar-refractivity contribution is 0.194. The van der Waals surface area contributed by atoms with Gasteiger partial charge in [-0.2, -0.15) is 0 Å². The summed E-state index contributed by atoms with van der Waals surface area (Å²) >= 11 is 0. The number of unbranched alkanes of at least 4 members (excludes halogenated alkanes) is 3. The average molecular weight is 224 g/mol. The molecule has 1 unspecified atom stereocenters. The smallest absolute Gasteiger partial charge is 0.0409 e. The molecule has 1 aliphatic rings. The largest absolute Gasteiger partial charge is 0.0654 e. The monoisotopic (exact) mass is 224 g/mol. The number of hydrogen-bond donors (Lipinski definition) is 0. The molecule has 0 aromatic carbocycles. The summed E-state index contributed by atoms with van der Waals surface area (Å²) in [4.78, 5) is 0. The maximum absolute atomic E-state index is 2.45. The van der Waals surface area contributed by atoms with Crippen LogP contribution in [0.1, 0.15) is 85.0 Å². The van der Waals surface area contributed by atoms with E-state index in [-0.39, 0.29) is 0 Å². The summed E-state index contributed by atoms with van der Waals surface area (Å²) in [5.41, 5.74) is 0. The van der Waals surface area contributed by atoms with E-state index in [1.54, 1.807) is 0 Å². The fourth-order valence-electron chi connectivity index (χ4n) is 3.12. The molecule has 0 heteroatoms. The molecular weight excluding hydrogens is 192 g/mol. The standard InChI is InChI=1S/C16H32/c1-4-5-6-9-14(2)10-7-8-11-16-12-15(3)13-16/h14-16H,4-13H2,1-3H3. The highest BCUT2D eigenvalue weighted by atomic mass is 14.3. The summed E-state index contributed by atoms with van der Waals surface area (Å²) in [5, 5.41) is 0. The highest BCUT2D eigenvalue weighted by Crippen LogP contribution is 2.36. The van der Waals surface area contributed by atoms with Crippen molar-refractivity contribution in [1.29, 1.82) is 0 Å². The van der Waals surface area contributed by atoms with Gasteiger partial charge in [-0.3, -0.25) is 0 Å². The second-order valence-electron chi connectivity index (χ2n) is 6.33. The summed E-state index contributed by atoms with van der Waals surface area (Å²) in [6.07, 6.45) is 14.7. The van der Waals surface area contributed by atoms with E-state index in [9.17, 15) is 0 Å². The van der Waals surface area contributed by atoms with Crippen LogP contribution in [0.5, 0.6) is 0 Å². The topological polar surface area (TPSA) is 0 Å². The lowest BCUT2D eigenvalue weighted by Gasteiger charge is -2.32. The van der Waals surface area contributed by atoms with Crippen LogP contribution in [-0.4, -0.2) is 0 Å². The molecule has 0 aromatic rings. The normalized spacial score (nSPS) is 26.4. The number of rotatable bonds is 9. The summed E-state index contributed by atoms with van der Waals surface area (Å²) in [7, 11) is 0. The Balaban J connectivity index is 1.83. The van der Waals surface area contributed by atoms with E-state index in [0.717, 1.165) is 17.8 Å². The third kappa shape index (κ3) is 5.92. The van der Waals surface area contributed by atoms with E-state index in [2.05, 4.69) is 20.8 Å². The molecule has 0 amide bonds. The van der Waals surface area contributed by atoms with Gasteiger partial charge in [-0.15, -0.1) is 0 Å². The molecule has 1 saturated carbocycles. The van der Waals surface area contributed by atoms with E-state index in [1.165, 1.54) is 64.2 Å². The predicted octanol–water partition coefficient (Wildman–Crippen LogP) is 5.81. The first kappa shape index (κ1) is 14.1. The van der Waals surface area contributed by atoms with Crippen LogP contribution in [0.4, 0.5) is 0 Å². The lowest BCUT2D eigenvalue weighted by atomic mass is 9.73. The third-order valence-corrected chi connectivity index (χ3v) is 4.33. The molecule has 0 heterocycles. The van der Waals surface area contributed by atoms with Gasteiger partial charge in [0.2, 0.25) is 0 Å². The molecule has 0 radical (unpaired) electrons. The molecule has 96 valence electrons. The van der Waals surface area contributed by atoms with Gasteiger partial charge in [-0.05, 0) is 30.6 Å². The van der Waals surface area contributed by atoms with Crippen molar-refractivity contribution in [3.8, 4) is 0 Å². The van der Waals surface area contributed by atoms with Gasteiger partial charge in [0.1, 0.15) is 0 Å². The first-order chi connectivity index (χ1) is 7.72. The maximum Gasteiger partial charge on any atom is -0.0409 e. The lowest BCUT2D eigenvalue weighted by Crippen LogP contribution is -2.20. The molecule has 1 rings (SSSR count). The fraction of sp³-hybridized carbons (Fsp3) is 1.00. The minimum Gasteiger partial charge on any atom is -0.0654 e. The SMILES string of the molecule is CCCCCC(C)CCCCC1CC(C)C1. The summed E-state index contributed by atoms with van der Waals surface area (Å²) in [5.74, 6) is 3.12. The highest BCUT2D eigenvalue weighted by Gasteiger charge is 2.24. The fourth-order valence-corrected chi connectivity index (χ4v) is 3.12. The molecule has 1 fully saturated rings. The van der Waals surface area contributed by atoms with Crippen molar-refractivity contribution < 1.29 is 0 Å². The van der Waals surface area contributed by atoms with Gasteiger partial charge in [0.15, 0.2) is 0 Å². The van der Waals surface area contributed by atoms with E-state index in [4.69, 9.17) is 0 Å². The highest BCUT2D eigenvalue weighted by molar-refractivity contribution is 4.75. The Morgan fingerprint density at radius 2 is 1.62 bits per heavy atom. The van der Waals surface area contributed by atoms with Gasteiger partial charge in [0.25, 0.3) is 0 Å². The van der Waals surface area contributed by atoms with E-state index in [0.29, 0.717) is 0 Å². The van der Waals surface area contributed by atoms with Crippen LogP contribution in [0.2, 0.25) is 0 Å². The van der Waals surface area contributed by atoms with Crippen molar-refractivity contribution in [3.05, 3.63) is 0 Å². The second-order valence-corrected chi connectivity index (χ2v) is 6.33. The predicted molar refractivity (Wildman–Crippen MR) is 73.7 cm³/mol. The Kier molecular flexibility index (Phi) is 7.16. The third-order valence-electron chi connectivity index (χ3n) is 4.33. The summed E-state index contributed by atoms with van der Waals surface area (Å²) in [6.45, 7) is 7.14. The van der Waals surface area contributed by atoms with Crippen LogP contribution in [0, 0.1) is 17.8 Å². The summed E-state index contributed by atoms with van der Waals surface area (Å²) in [6, 6.07) is 0. The van der Waals surface area contributed by atoms with Crippen molar-refractivity contribution >= 4 is 0 Å². The van der Waals surface area contributed by atoms with E-state index < -0.39 is 0 Å². The Labute approximate surface area is 103 Å². The molecule has 0 spiro atoms. The minimum atomic E-state index is 0.979. The van der Waals surface area contributed by atoms with Gasteiger partial charge in [-0.1, -0.05) is 72.1 Å². The van der Waals surface area contributed by atoms with E-state index in [1.807, 2.05) is 0 Å². The van der Waals surface area contributed by atoms with Crippen molar-refractivity contribution in [2.75, 3.05) is 0 Å². The van der Waals surface area contributed by atoms with Crippen molar-refractivity contribution in [1.82, 2.24) is 0 Å². The molecular formula is C16H32. The van der Waals surface area contributed by atoms with Gasteiger partial charge in [0.05, 0.1) is 0 Å². The molecule has 0 saturated heterocycles. The van der Waals surface area contributed by atoms with Gasteiger partial charge in [-0.25, -0.2) is 0 Å². The van der Waals surface area contributed by atoms with Gasteiger partial charge >= 0.3 is 0 Å². The van der Waals surface area contributed by atoms with Crippen LogP contribution >= 0.6 is 0 Å². The molecule has 1 atom stereocenters. The van der Waals surface area contributed by atoms with Crippen molar-refractivity contribution in [2.24, 2.45) is 17.8 Å². The average Bonchev–Trinajstić information content (AvgIpc) is 2.21. The van der Waals surface area contributed by atoms with Crippen LogP contribution in [-0.2, 0) is 0 Å². The molecule has 0 aromatic heterocycles. The van der Waals surface area contributed by atoms with Crippen LogP contribution < -0.4 is 0 Å². The first-order valence-corrected chi connectivity index (χ1v) is 7.72. The Hall–Kier alpha value is 0.